The molecule has 17 rings (SSSR count). The van der Waals surface area contributed by atoms with Crippen molar-refractivity contribution in [3.05, 3.63) is 257 Å². The van der Waals surface area contributed by atoms with Crippen molar-refractivity contribution in [1.29, 1.82) is 0 Å². The fourth-order valence-electron chi connectivity index (χ4n) is 19.1. The molecule has 762 valence electrons. The van der Waals surface area contributed by atoms with Crippen molar-refractivity contribution in [2.75, 3.05) is 103 Å². The number of nitrogens with one attached hydrogen (secondary N) is 4. The standard InChI is InChI=1S/C45H50ClN6O5P.C27H34ClN4O2P.C19H20N2O3.C18H17BrN2O3.Br3P/c1-50(22-9-5-6-11-30-13-10-14-35-36(30)29-52(45(35)55)39-18-19-43(53)49-44(39)54)33-20-23-51(24-21-33)34-17-16-31(40(27-34)57-2)26-42-47-28-37(46)38(48-42)25-32-12-7-8-15-41(32)58(3,4)56;1-29-21-11-13-32(14-12-21)22-10-9-19(25(17-22)34-2)16-27-30-18-23(28)24(31-27)15-20-7-5-6-8-26(20)35(3,4)33;1-2-3-4-5-7-13-8-6-9-14-15(13)12-21(19(14)24)16-10-11-17(22)20-18(16)23;19-10-3-1-2-5-12-6-4-7-13-14(12)11-21(18(13)24)15-8-9-16(22)20-17(15)23;1-4(2)3/h7-8,10,12-17,27-28,33,39H,5,9,18-26,29H2,1-4H3,(H,49,53,54);5-10,17-18,21,29H,11-16H2,1-4H3;6,8-9,16H,2-4,10-12H2,1H3,(H,20,22,23);4,6-7,15H,1,3,8-11H2,(H,20,22,23);. The molecular formula is C109H121Br4Cl2N14O13P3. The first-order valence-electron chi connectivity index (χ1n) is 48.7. The number of ether oxygens (including phenoxy) is 2. The summed E-state index contributed by atoms with van der Waals surface area (Å²) in [5, 5.41) is 14.0. The van der Waals surface area contributed by atoms with Crippen LogP contribution in [-0.4, -0.2) is 216 Å². The Kier molecular flexibility index (Phi) is 40.9. The first-order valence-corrected chi connectivity index (χ1v) is 63.2. The molecule has 145 heavy (non-hydrogen) atoms. The third-order valence-electron chi connectivity index (χ3n) is 26.9. The number of nitrogens with zero attached hydrogens (tertiary/aromatic N) is 10. The van der Waals surface area contributed by atoms with E-state index in [2.05, 4.69) is 194 Å². The van der Waals surface area contributed by atoms with Crippen molar-refractivity contribution in [3.63, 3.8) is 0 Å². The number of carbonyl (C=O) groups excluding carboxylic acids is 9. The van der Waals surface area contributed by atoms with Crippen LogP contribution in [0.5, 0.6) is 11.5 Å². The molecule has 9 aromatic rings. The van der Waals surface area contributed by atoms with Gasteiger partial charge in [-0.05, 0) is 234 Å². The van der Waals surface area contributed by atoms with Crippen LogP contribution in [0.3, 0.4) is 0 Å². The van der Waals surface area contributed by atoms with Gasteiger partial charge in [0.1, 0.15) is 59.6 Å². The van der Waals surface area contributed by atoms with Gasteiger partial charge >= 0.3 is 0 Å². The summed E-state index contributed by atoms with van der Waals surface area (Å²) in [4.78, 5) is 140. The Morgan fingerprint density at radius 2 is 0.848 bits per heavy atom. The number of hydrogen-bond donors (Lipinski definition) is 4. The fourth-order valence-corrected chi connectivity index (χ4v) is 22.3. The molecule has 3 unspecified atom stereocenters. The Hall–Kier alpha value is -10.3. The van der Waals surface area contributed by atoms with Crippen LogP contribution in [0.25, 0.3) is 0 Å². The Balaban J connectivity index is 0.000000172. The molecule has 8 aliphatic heterocycles. The summed E-state index contributed by atoms with van der Waals surface area (Å²) in [5.74, 6) is 19.6. The number of unbranched alkanes of at least 4 members (excludes halogenated alkanes) is 4. The number of fused-ring (bicyclic) bond motifs is 3. The van der Waals surface area contributed by atoms with Crippen LogP contribution in [-0.2, 0) is 83.2 Å². The number of hydrogen-bond acceptors (Lipinski definition) is 21. The first kappa shape index (κ1) is 112. The number of alkyl halides is 1. The van der Waals surface area contributed by atoms with Crippen LogP contribution in [0.15, 0.2) is 152 Å². The van der Waals surface area contributed by atoms with Crippen LogP contribution in [0.1, 0.15) is 226 Å². The van der Waals surface area contributed by atoms with E-state index < -0.39 is 44.2 Å². The second kappa shape index (κ2) is 53.0. The van der Waals surface area contributed by atoms with Gasteiger partial charge in [0.2, 0.25) is 35.4 Å². The average Bonchev–Trinajstić information content (AvgIpc) is 1.63. The summed E-state index contributed by atoms with van der Waals surface area (Å²) in [6, 6.07) is 44.2. The zero-order valence-electron chi connectivity index (χ0n) is 82.9. The number of piperidine rings is 5. The lowest BCUT2D eigenvalue weighted by Crippen LogP contribution is -2.52. The van der Waals surface area contributed by atoms with Crippen molar-refractivity contribution in [3.8, 4) is 47.0 Å². The minimum absolute atomic E-state index is 0.156. The van der Waals surface area contributed by atoms with E-state index in [0.717, 1.165) is 198 Å². The van der Waals surface area contributed by atoms with Gasteiger partial charge in [-0.3, -0.25) is 59.1 Å². The number of imide groups is 3. The molecule has 0 bridgehead atoms. The number of benzene rings is 7. The largest absolute Gasteiger partial charge is 0.496 e. The van der Waals surface area contributed by atoms with Gasteiger partial charge < -0.3 is 53.3 Å². The molecule has 4 N–H and O–H groups in total. The molecule has 8 aliphatic rings. The third kappa shape index (κ3) is 29.9. The molecule has 0 spiro atoms. The fraction of sp³-hybridized carbons (Fsp3) is 0.404. The Bertz CT molecular complexity index is 6490. The molecule has 2 aromatic heterocycles. The number of halogens is 6. The van der Waals surface area contributed by atoms with Gasteiger partial charge in [0.05, 0.1) is 35.7 Å². The molecule has 27 nitrogen and oxygen atoms in total. The van der Waals surface area contributed by atoms with E-state index in [9.17, 15) is 52.3 Å². The average molecular weight is 2320 g/mol. The molecule has 36 heteroatoms. The molecule has 5 fully saturated rings. The van der Waals surface area contributed by atoms with Crippen LogP contribution < -0.4 is 51.1 Å². The lowest BCUT2D eigenvalue weighted by Gasteiger charge is -2.38. The highest BCUT2D eigenvalue weighted by molar-refractivity contribution is 9.93. The van der Waals surface area contributed by atoms with E-state index in [0.29, 0.717) is 121 Å². The second-order valence-corrected chi connectivity index (χ2v) is 60.7. The Morgan fingerprint density at radius 3 is 1.20 bits per heavy atom. The van der Waals surface area contributed by atoms with Gasteiger partial charge in [-0.1, -0.05) is 167 Å². The molecule has 5 saturated heterocycles. The van der Waals surface area contributed by atoms with Gasteiger partial charge in [-0.25, -0.2) is 19.9 Å². The summed E-state index contributed by atoms with van der Waals surface area (Å²) in [6.07, 6.45) is 18.0. The zero-order valence-corrected chi connectivity index (χ0v) is 93.5. The van der Waals surface area contributed by atoms with Crippen LogP contribution in [0, 0.1) is 35.5 Å². The predicted octanol–water partition coefficient (Wildman–Crippen LogP) is 18.2. The molecule has 10 heterocycles. The van der Waals surface area contributed by atoms with Crippen LogP contribution in [0.4, 0.5) is 11.4 Å². The minimum atomic E-state index is -2.47. The van der Waals surface area contributed by atoms with Gasteiger partial charge in [0.25, 0.3) is 17.7 Å². The summed E-state index contributed by atoms with van der Waals surface area (Å²) < 4.78 is 37.1. The van der Waals surface area contributed by atoms with Gasteiger partial charge in [-0.2, -0.15) is 0 Å². The normalized spacial score (nSPS) is 17.2. The maximum Gasteiger partial charge on any atom is 0.255 e. The first-order chi connectivity index (χ1) is 69.6. The van der Waals surface area contributed by atoms with E-state index in [4.69, 9.17) is 42.6 Å². The number of methoxy groups -OCH3 is 2. The van der Waals surface area contributed by atoms with E-state index >= 15 is 0 Å². The molecule has 0 aliphatic carbocycles. The molecule has 0 radical (unpaired) electrons. The molecule has 0 saturated carbocycles. The number of amides is 9. The van der Waals surface area contributed by atoms with E-state index in [1.54, 1.807) is 86.2 Å². The summed E-state index contributed by atoms with van der Waals surface area (Å²) in [7, 11) is 2.73. The zero-order chi connectivity index (χ0) is 104. The number of aromatic nitrogens is 4. The van der Waals surface area contributed by atoms with Gasteiger partial charge in [0.15, 0.2) is 0 Å². The van der Waals surface area contributed by atoms with Gasteiger partial charge in [0, 0.05) is 218 Å². The topological polar surface area (TPSA) is 325 Å². The quantitative estimate of drug-likeness (QED) is 0.0129. The molecule has 3 atom stereocenters. The molecular weight excluding hydrogens is 2200 g/mol. The lowest BCUT2D eigenvalue weighted by atomic mass is 10.0. The summed E-state index contributed by atoms with van der Waals surface area (Å²) >= 11 is 25.9. The highest BCUT2D eigenvalue weighted by atomic mass is 80.0. The maximum absolute atomic E-state index is 13.2. The van der Waals surface area contributed by atoms with Crippen LogP contribution in [0.2, 0.25) is 10.0 Å². The second-order valence-electron chi connectivity index (χ2n) is 37.4. The monoisotopic (exact) mass is 2310 g/mol. The summed E-state index contributed by atoms with van der Waals surface area (Å²) in [5.41, 5.74) is 14.6. The van der Waals surface area contributed by atoms with Crippen molar-refractivity contribution in [1.82, 2.24) is 60.8 Å². The lowest BCUT2D eigenvalue weighted by molar-refractivity contribution is -0.138. The highest BCUT2D eigenvalue weighted by Crippen LogP contribution is 2.59. The van der Waals surface area contributed by atoms with Gasteiger partial charge in [-0.15, -0.1) is 0 Å². The number of rotatable bonds is 26. The highest BCUT2D eigenvalue weighted by Gasteiger charge is 2.44. The molecule has 7 aromatic carbocycles. The predicted molar refractivity (Wildman–Crippen MR) is 588 cm³/mol. The smallest absolute Gasteiger partial charge is 0.255 e. The number of carbonyl (C=O) groups is 9. The van der Waals surface area contributed by atoms with Crippen molar-refractivity contribution in [2.24, 2.45) is 0 Å². The van der Waals surface area contributed by atoms with E-state index in [1.807, 2.05) is 92.0 Å². The van der Waals surface area contributed by atoms with E-state index in [1.165, 1.54) is 5.69 Å². The SMILES string of the molecule is BrP(Br)Br.CCCCC#Cc1cccc2c1CN(C1CCC(=O)NC1=O)C2=O.CNC1CCN(c2ccc(Cc3ncc(Cl)c(Cc4ccccc4P(C)(C)=O)n3)c(OC)c2)CC1.COc1cc(N2CCC(N(C)CCCC#Cc3cccc4c3CN(C3CCC(=O)NC3=O)C4=O)CC2)ccc1Cc1ncc(Cl)c(Cc2ccccc2P(C)(C)=O)n1.O=C1CCC(N2Cc3c(C#CCCCBr)cccc3C2=O)C(=O)N1. The third-order valence-corrected chi connectivity index (χ3v) is 31.3. The molecule has 9 amide bonds. The van der Waals surface area contributed by atoms with Crippen LogP contribution >= 0.6 is 104 Å². The van der Waals surface area contributed by atoms with E-state index in [-0.39, 0.29) is 64.6 Å². The minimum Gasteiger partial charge on any atom is -0.496 e. The maximum atomic E-state index is 13.2. The van der Waals surface area contributed by atoms with Crippen molar-refractivity contribution in [2.45, 2.75) is 192 Å². The number of anilines is 2. The Labute approximate surface area is 893 Å². The van der Waals surface area contributed by atoms with Crippen molar-refractivity contribution < 1.29 is 61.8 Å². The Morgan fingerprint density at radius 1 is 0.483 bits per heavy atom. The van der Waals surface area contributed by atoms with Crippen molar-refractivity contribution >= 4 is 179 Å². The summed E-state index contributed by atoms with van der Waals surface area (Å²) in [6.45, 7) is 15.2.